The van der Waals surface area contributed by atoms with Crippen LogP contribution in [0, 0.1) is 13.8 Å². The fourth-order valence-electron chi connectivity index (χ4n) is 1.06. The van der Waals surface area contributed by atoms with Crippen LogP contribution in [0.3, 0.4) is 0 Å². The van der Waals surface area contributed by atoms with Crippen LogP contribution in [0.1, 0.15) is 17.1 Å². The number of carbonyl (C=O) groups is 1. The fraction of sp³-hybridized carbons (Fsp3) is 0.444. The van der Waals surface area contributed by atoms with Gasteiger partial charge in [-0.15, -0.1) is 0 Å². The first-order chi connectivity index (χ1) is 6.83. The topological polar surface area (TPSA) is 59.7 Å². The van der Waals surface area contributed by atoms with Gasteiger partial charge in [0.1, 0.15) is 11.5 Å². The lowest BCUT2D eigenvalue weighted by molar-refractivity contribution is -0.250. The summed E-state index contributed by atoms with van der Waals surface area (Å²) in [5.41, 5.74) is 0.411. The van der Waals surface area contributed by atoms with Gasteiger partial charge in [-0.3, -0.25) is 0 Å². The lowest BCUT2D eigenvalue weighted by atomic mass is 10.2. The molecule has 1 rings (SSSR count). The van der Waals surface area contributed by atoms with Crippen LogP contribution in [0.25, 0.3) is 0 Å². The van der Waals surface area contributed by atoms with Crippen LogP contribution in [-0.2, 0) is 16.1 Å². The minimum absolute atomic E-state index is 0.411. The minimum Gasteiger partial charge on any atom is -0.475 e. The van der Waals surface area contributed by atoms with Gasteiger partial charge in [0.25, 0.3) is 0 Å². The number of ether oxygens (including phenoxy) is 1. The highest BCUT2D eigenvalue weighted by Gasteiger charge is 2.40. The van der Waals surface area contributed by atoms with E-state index in [1.807, 2.05) is 0 Å². The van der Waals surface area contributed by atoms with Crippen LogP contribution in [0.4, 0.5) is 8.78 Å². The normalized spacial score (nSPS) is 11.7. The molecule has 0 aliphatic heterocycles. The molecule has 0 bridgehead atoms. The molecule has 84 valence electrons. The number of alkyl halides is 2. The van der Waals surface area contributed by atoms with Gasteiger partial charge in [-0.1, -0.05) is 0 Å². The molecule has 0 atom stereocenters. The number of aliphatic carboxylic acids is 1. The van der Waals surface area contributed by atoms with E-state index in [9.17, 15) is 13.6 Å². The van der Waals surface area contributed by atoms with Crippen LogP contribution in [-0.4, -0.2) is 17.2 Å². The summed E-state index contributed by atoms with van der Waals surface area (Å²) in [7, 11) is 0. The lowest BCUT2D eigenvalue weighted by Crippen LogP contribution is -2.31. The van der Waals surface area contributed by atoms with E-state index in [4.69, 9.17) is 9.52 Å². The molecule has 4 nitrogen and oxygen atoms in total. The molecule has 0 saturated carbocycles. The molecule has 1 aromatic rings. The molecule has 1 heterocycles. The Morgan fingerprint density at radius 2 is 2.20 bits per heavy atom. The van der Waals surface area contributed by atoms with Crippen LogP contribution >= 0.6 is 0 Å². The predicted octanol–water partition coefficient (Wildman–Crippen LogP) is 2.09. The molecule has 0 aliphatic rings. The van der Waals surface area contributed by atoms with Gasteiger partial charge < -0.3 is 14.3 Å². The molecule has 0 amide bonds. The maximum atomic E-state index is 12.5. The summed E-state index contributed by atoms with van der Waals surface area (Å²) in [6.45, 7) is 2.75. The van der Waals surface area contributed by atoms with E-state index in [1.165, 1.54) is 6.07 Å². The van der Waals surface area contributed by atoms with Crippen molar-refractivity contribution in [2.45, 2.75) is 26.6 Å². The van der Waals surface area contributed by atoms with Gasteiger partial charge in [-0.25, -0.2) is 4.79 Å². The summed E-state index contributed by atoms with van der Waals surface area (Å²) in [6, 6.07) is 1.52. The Labute approximate surface area is 84.5 Å². The Morgan fingerprint density at radius 1 is 1.60 bits per heavy atom. The van der Waals surface area contributed by atoms with E-state index >= 15 is 0 Å². The second kappa shape index (κ2) is 3.98. The first-order valence-corrected chi connectivity index (χ1v) is 4.14. The van der Waals surface area contributed by atoms with E-state index in [-0.39, 0.29) is 0 Å². The first kappa shape index (κ1) is 11.6. The van der Waals surface area contributed by atoms with Crippen molar-refractivity contribution in [3.8, 4) is 0 Å². The molecule has 0 spiro atoms. The highest BCUT2D eigenvalue weighted by atomic mass is 19.3. The Kier molecular flexibility index (Phi) is 3.09. The monoisotopic (exact) mass is 220 g/mol. The quantitative estimate of drug-likeness (QED) is 0.843. The molecule has 1 N–H and O–H groups in total. The molecule has 0 fully saturated rings. The first-order valence-electron chi connectivity index (χ1n) is 4.14. The molecule has 15 heavy (non-hydrogen) atoms. The van der Waals surface area contributed by atoms with Crippen LogP contribution < -0.4 is 0 Å². The summed E-state index contributed by atoms with van der Waals surface area (Å²) in [5, 5.41) is 8.10. The van der Waals surface area contributed by atoms with Gasteiger partial charge in [0, 0.05) is 5.56 Å². The highest BCUT2D eigenvalue weighted by Crippen LogP contribution is 2.21. The molecule has 0 radical (unpaired) electrons. The van der Waals surface area contributed by atoms with Crippen molar-refractivity contribution in [3.05, 3.63) is 23.2 Å². The van der Waals surface area contributed by atoms with E-state index in [0.717, 1.165) is 0 Å². The third-order valence-corrected chi connectivity index (χ3v) is 1.80. The minimum atomic E-state index is -4.17. The van der Waals surface area contributed by atoms with E-state index in [2.05, 4.69) is 4.74 Å². The summed E-state index contributed by atoms with van der Waals surface area (Å²) in [5.74, 6) is -1.31. The van der Waals surface area contributed by atoms with Crippen molar-refractivity contribution < 1.29 is 27.8 Å². The van der Waals surface area contributed by atoms with Crippen molar-refractivity contribution in [1.29, 1.82) is 0 Å². The number of rotatable bonds is 4. The maximum absolute atomic E-state index is 12.5. The molecule has 0 saturated heterocycles. The molecular formula is C9H10F2O4. The Balaban J connectivity index is 2.65. The van der Waals surface area contributed by atoms with E-state index in [1.54, 1.807) is 13.8 Å². The Morgan fingerprint density at radius 3 is 2.60 bits per heavy atom. The summed E-state index contributed by atoms with van der Waals surface area (Å²) >= 11 is 0. The maximum Gasteiger partial charge on any atom is 0.456 e. The van der Waals surface area contributed by atoms with E-state index in [0.29, 0.717) is 17.1 Å². The lowest BCUT2D eigenvalue weighted by Gasteiger charge is -2.10. The number of carboxylic acids is 1. The van der Waals surface area contributed by atoms with E-state index < -0.39 is 18.7 Å². The zero-order chi connectivity index (χ0) is 11.6. The van der Waals surface area contributed by atoms with Gasteiger partial charge >= 0.3 is 12.1 Å². The summed E-state index contributed by atoms with van der Waals surface area (Å²) in [4.78, 5) is 10.0. The number of hydrogen-bond donors (Lipinski definition) is 1. The molecule has 6 heteroatoms. The highest BCUT2D eigenvalue weighted by molar-refractivity contribution is 5.73. The Bertz CT molecular complexity index is 370. The van der Waals surface area contributed by atoms with Crippen LogP contribution in [0.15, 0.2) is 10.5 Å². The van der Waals surface area contributed by atoms with Crippen LogP contribution in [0.5, 0.6) is 0 Å². The number of hydrogen-bond acceptors (Lipinski definition) is 3. The van der Waals surface area contributed by atoms with Gasteiger partial charge in [0.05, 0.1) is 6.61 Å². The van der Waals surface area contributed by atoms with Crippen LogP contribution in [0.2, 0.25) is 0 Å². The zero-order valence-electron chi connectivity index (χ0n) is 8.21. The predicted molar refractivity (Wildman–Crippen MR) is 45.6 cm³/mol. The average Bonchev–Trinajstić information content (AvgIpc) is 2.41. The third kappa shape index (κ3) is 2.76. The van der Waals surface area contributed by atoms with Gasteiger partial charge in [-0.05, 0) is 19.9 Å². The van der Waals surface area contributed by atoms with Crippen molar-refractivity contribution in [2.75, 3.05) is 0 Å². The number of halogens is 2. The smallest absolute Gasteiger partial charge is 0.456 e. The number of carboxylic acid groups (broad SMARTS) is 1. The second-order valence-electron chi connectivity index (χ2n) is 3.05. The van der Waals surface area contributed by atoms with Crippen molar-refractivity contribution in [2.24, 2.45) is 0 Å². The number of furan rings is 1. The average molecular weight is 220 g/mol. The van der Waals surface area contributed by atoms with Gasteiger partial charge in [0.2, 0.25) is 0 Å². The molecule has 1 aromatic heterocycles. The third-order valence-electron chi connectivity index (χ3n) is 1.80. The second-order valence-corrected chi connectivity index (χ2v) is 3.05. The molecule has 0 aromatic carbocycles. The molecule has 0 aliphatic carbocycles. The summed E-state index contributed by atoms with van der Waals surface area (Å²) in [6.07, 6.45) is -4.17. The zero-order valence-corrected chi connectivity index (χ0v) is 8.21. The van der Waals surface area contributed by atoms with Crippen molar-refractivity contribution in [1.82, 2.24) is 0 Å². The largest absolute Gasteiger partial charge is 0.475 e. The number of aryl methyl sites for hydroxylation is 2. The van der Waals surface area contributed by atoms with Crippen molar-refractivity contribution >= 4 is 5.97 Å². The van der Waals surface area contributed by atoms with Crippen molar-refractivity contribution in [3.63, 3.8) is 0 Å². The fourth-order valence-corrected chi connectivity index (χ4v) is 1.06. The standard InChI is InChI=1S/C9H10F2O4/c1-5-3-7(6(2)15-5)4-14-9(10,11)8(12)13/h3H,4H2,1-2H3,(H,12,13). The van der Waals surface area contributed by atoms with Gasteiger partial charge in [0.15, 0.2) is 0 Å². The van der Waals surface area contributed by atoms with Gasteiger partial charge in [-0.2, -0.15) is 8.78 Å². The molecular weight excluding hydrogens is 210 g/mol. The summed E-state index contributed by atoms with van der Waals surface area (Å²) < 4.78 is 34.1. The SMILES string of the molecule is Cc1cc(COC(F)(F)C(=O)O)c(C)o1. The Hall–Kier alpha value is -1.43. The molecule has 0 unspecified atom stereocenters.